The van der Waals surface area contributed by atoms with Crippen molar-refractivity contribution in [1.29, 1.82) is 0 Å². The summed E-state index contributed by atoms with van der Waals surface area (Å²) in [4.78, 5) is 2.26. The number of nitrogens with one attached hydrogen (secondary N) is 1. The van der Waals surface area contributed by atoms with Gasteiger partial charge in [0.2, 0.25) is 5.13 Å². The average molecular weight is 318 g/mol. The summed E-state index contributed by atoms with van der Waals surface area (Å²) in [6, 6.07) is 4.16. The highest BCUT2D eigenvalue weighted by Crippen LogP contribution is 2.25. The van der Waals surface area contributed by atoms with Crippen LogP contribution < -0.4 is 10.2 Å². The van der Waals surface area contributed by atoms with Crippen molar-refractivity contribution in [2.45, 2.75) is 33.1 Å². The van der Waals surface area contributed by atoms with Crippen LogP contribution in [0.3, 0.4) is 0 Å². The van der Waals surface area contributed by atoms with Crippen LogP contribution in [0.5, 0.6) is 0 Å². The molecule has 0 aromatic carbocycles. The maximum absolute atomic E-state index is 4.36. The summed E-state index contributed by atoms with van der Waals surface area (Å²) < 4.78 is 0. The van der Waals surface area contributed by atoms with Crippen LogP contribution in [0.4, 0.5) is 10.9 Å². The standard InChI is InChI=1S/C15H22N6S/c1-10-17-20-14(22-10)16-7-11-8-21(9-11)13-6-5-12(18-19-13)15(2,3)4/h5-6,11H,7-9H2,1-4H3,(H,16,20). The van der Waals surface area contributed by atoms with E-state index < -0.39 is 0 Å². The summed E-state index contributed by atoms with van der Waals surface area (Å²) in [5.74, 6) is 1.59. The van der Waals surface area contributed by atoms with Gasteiger partial charge in [-0.3, -0.25) is 0 Å². The van der Waals surface area contributed by atoms with Crippen LogP contribution in [0.15, 0.2) is 12.1 Å². The monoisotopic (exact) mass is 318 g/mol. The van der Waals surface area contributed by atoms with E-state index in [1.165, 1.54) is 0 Å². The molecule has 0 spiro atoms. The molecule has 3 rings (SSSR count). The van der Waals surface area contributed by atoms with Crippen molar-refractivity contribution in [3.8, 4) is 0 Å². The molecular weight excluding hydrogens is 296 g/mol. The molecule has 2 aromatic rings. The molecule has 1 fully saturated rings. The molecule has 0 bridgehead atoms. The Morgan fingerprint density at radius 2 is 1.95 bits per heavy atom. The molecule has 7 heteroatoms. The fraction of sp³-hybridized carbons (Fsp3) is 0.600. The van der Waals surface area contributed by atoms with Gasteiger partial charge in [-0.2, -0.15) is 5.10 Å². The Bertz CT molecular complexity index is 624. The van der Waals surface area contributed by atoms with Crippen molar-refractivity contribution >= 4 is 22.3 Å². The summed E-state index contributed by atoms with van der Waals surface area (Å²) in [6.45, 7) is 11.4. The molecule has 0 amide bonds. The second-order valence-corrected chi connectivity index (χ2v) is 7.99. The largest absolute Gasteiger partial charge is 0.360 e. The fourth-order valence-corrected chi connectivity index (χ4v) is 2.98. The number of hydrogen-bond acceptors (Lipinski definition) is 7. The molecule has 22 heavy (non-hydrogen) atoms. The van der Waals surface area contributed by atoms with Gasteiger partial charge in [0.05, 0.1) is 5.69 Å². The molecule has 0 saturated carbocycles. The first kappa shape index (κ1) is 15.1. The molecule has 1 N–H and O–H groups in total. The predicted molar refractivity (Wildman–Crippen MR) is 89.6 cm³/mol. The van der Waals surface area contributed by atoms with Crippen LogP contribution >= 0.6 is 11.3 Å². The lowest BCUT2D eigenvalue weighted by Crippen LogP contribution is -2.50. The third-order valence-electron chi connectivity index (χ3n) is 3.77. The van der Waals surface area contributed by atoms with Crippen LogP contribution in [-0.4, -0.2) is 40.0 Å². The lowest BCUT2D eigenvalue weighted by Gasteiger charge is -2.40. The van der Waals surface area contributed by atoms with Crippen molar-refractivity contribution < 1.29 is 0 Å². The zero-order valence-corrected chi connectivity index (χ0v) is 14.3. The molecule has 0 atom stereocenters. The van der Waals surface area contributed by atoms with Gasteiger partial charge in [0.25, 0.3) is 0 Å². The zero-order valence-electron chi connectivity index (χ0n) is 13.5. The molecule has 6 nitrogen and oxygen atoms in total. The Balaban J connectivity index is 1.48. The van der Waals surface area contributed by atoms with E-state index in [0.29, 0.717) is 5.92 Å². The fourth-order valence-electron chi connectivity index (χ4n) is 2.38. The van der Waals surface area contributed by atoms with Crippen molar-refractivity contribution in [2.75, 3.05) is 29.9 Å². The van der Waals surface area contributed by atoms with Gasteiger partial charge in [-0.1, -0.05) is 32.1 Å². The van der Waals surface area contributed by atoms with E-state index in [9.17, 15) is 0 Å². The van der Waals surface area contributed by atoms with Gasteiger partial charge in [-0.05, 0) is 19.1 Å². The Morgan fingerprint density at radius 3 is 2.50 bits per heavy atom. The Morgan fingerprint density at radius 1 is 1.18 bits per heavy atom. The van der Waals surface area contributed by atoms with E-state index in [-0.39, 0.29) is 5.41 Å². The normalized spacial score (nSPS) is 15.7. The Hall–Kier alpha value is -1.76. The summed E-state index contributed by atoms with van der Waals surface area (Å²) in [6.07, 6.45) is 0. The zero-order chi connectivity index (χ0) is 15.7. The van der Waals surface area contributed by atoms with E-state index >= 15 is 0 Å². The highest BCUT2D eigenvalue weighted by atomic mass is 32.1. The van der Waals surface area contributed by atoms with Crippen molar-refractivity contribution in [3.63, 3.8) is 0 Å². The summed E-state index contributed by atoms with van der Waals surface area (Å²) in [5.41, 5.74) is 1.08. The van der Waals surface area contributed by atoms with Crippen molar-refractivity contribution in [2.24, 2.45) is 5.92 Å². The molecule has 3 heterocycles. The van der Waals surface area contributed by atoms with Gasteiger partial charge in [0.15, 0.2) is 5.82 Å². The second-order valence-electron chi connectivity index (χ2n) is 6.80. The number of aryl methyl sites for hydroxylation is 1. The lowest BCUT2D eigenvalue weighted by atomic mass is 9.92. The first-order valence-corrected chi connectivity index (χ1v) is 8.36. The van der Waals surface area contributed by atoms with E-state index in [4.69, 9.17) is 0 Å². The average Bonchev–Trinajstić information content (AvgIpc) is 2.82. The van der Waals surface area contributed by atoms with E-state index in [1.807, 2.05) is 6.92 Å². The molecule has 1 aliphatic rings. The predicted octanol–water partition coefficient (Wildman–Crippen LogP) is 2.48. The molecule has 0 unspecified atom stereocenters. The smallest absolute Gasteiger partial charge is 0.205 e. The van der Waals surface area contributed by atoms with Crippen molar-refractivity contribution in [3.05, 3.63) is 22.8 Å². The topological polar surface area (TPSA) is 66.8 Å². The molecule has 1 saturated heterocycles. The van der Waals surface area contributed by atoms with Crippen LogP contribution in [0.1, 0.15) is 31.5 Å². The van der Waals surface area contributed by atoms with Gasteiger partial charge in [0, 0.05) is 31.0 Å². The molecular formula is C15H22N6S. The van der Waals surface area contributed by atoms with Crippen LogP contribution in [0.2, 0.25) is 0 Å². The van der Waals surface area contributed by atoms with Gasteiger partial charge in [-0.15, -0.1) is 15.3 Å². The quantitative estimate of drug-likeness (QED) is 0.934. The SMILES string of the molecule is Cc1nnc(NCC2CN(c3ccc(C(C)(C)C)nn3)C2)s1. The summed E-state index contributed by atoms with van der Waals surface area (Å²) in [7, 11) is 0. The molecule has 1 aliphatic heterocycles. The lowest BCUT2D eigenvalue weighted by molar-refractivity contribution is 0.424. The Kier molecular flexibility index (Phi) is 3.99. The van der Waals surface area contributed by atoms with Crippen LogP contribution in [0, 0.1) is 12.8 Å². The maximum Gasteiger partial charge on any atom is 0.205 e. The molecule has 0 aliphatic carbocycles. The maximum atomic E-state index is 4.36. The third kappa shape index (κ3) is 3.35. The van der Waals surface area contributed by atoms with Gasteiger partial charge < -0.3 is 10.2 Å². The molecule has 0 radical (unpaired) electrons. The molecule has 2 aromatic heterocycles. The van der Waals surface area contributed by atoms with Gasteiger partial charge in [0.1, 0.15) is 5.01 Å². The number of rotatable bonds is 4. The first-order chi connectivity index (χ1) is 10.4. The summed E-state index contributed by atoms with van der Waals surface area (Å²) >= 11 is 1.60. The third-order valence-corrected chi connectivity index (χ3v) is 4.56. The highest BCUT2D eigenvalue weighted by Gasteiger charge is 2.28. The van der Waals surface area contributed by atoms with Crippen molar-refractivity contribution in [1.82, 2.24) is 20.4 Å². The summed E-state index contributed by atoms with van der Waals surface area (Å²) in [5, 5.41) is 22.0. The minimum Gasteiger partial charge on any atom is -0.360 e. The highest BCUT2D eigenvalue weighted by molar-refractivity contribution is 7.15. The number of aromatic nitrogens is 4. The van der Waals surface area contributed by atoms with E-state index in [2.05, 4.69) is 63.5 Å². The molecule has 118 valence electrons. The number of hydrogen-bond donors (Lipinski definition) is 1. The number of nitrogens with zero attached hydrogens (tertiary/aromatic N) is 5. The minimum atomic E-state index is 0.0484. The van der Waals surface area contributed by atoms with Crippen LogP contribution in [0.25, 0.3) is 0 Å². The van der Waals surface area contributed by atoms with Gasteiger partial charge >= 0.3 is 0 Å². The number of anilines is 2. The minimum absolute atomic E-state index is 0.0484. The van der Waals surface area contributed by atoms with E-state index in [1.54, 1.807) is 11.3 Å². The van der Waals surface area contributed by atoms with Gasteiger partial charge in [-0.25, -0.2) is 0 Å². The Labute approximate surface area is 135 Å². The van der Waals surface area contributed by atoms with E-state index in [0.717, 1.165) is 41.3 Å². The first-order valence-electron chi connectivity index (χ1n) is 7.55. The second kappa shape index (κ2) is 5.79. The van der Waals surface area contributed by atoms with Crippen LogP contribution in [-0.2, 0) is 5.41 Å².